The molecule has 3 heterocycles. The minimum absolute atomic E-state index is 0.0248. The topological polar surface area (TPSA) is 57.6 Å². The van der Waals surface area contributed by atoms with Crippen molar-refractivity contribution in [3.05, 3.63) is 49.5 Å². The molecule has 144 valence electrons. The zero-order valence-corrected chi connectivity index (χ0v) is 17.4. The van der Waals surface area contributed by atoms with E-state index < -0.39 is 17.4 Å². The molecule has 1 aliphatic rings. The Bertz CT molecular complexity index is 1330. The van der Waals surface area contributed by atoms with Crippen LogP contribution in [-0.4, -0.2) is 30.1 Å². The van der Waals surface area contributed by atoms with Gasteiger partial charge in [-0.1, -0.05) is 11.6 Å². The molecule has 0 bridgehead atoms. The number of alkyl halides is 2. The largest absolute Gasteiger partial charge is 0.343 e. The highest BCUT2D eigenvalue weighted by Crippen LogP contribution is 2.50. The molecule has 0 aliphatic heterocycles. The fourth-order valence-corrected chi connectivity index (χ4v) is 4.45. The van der Waals surface area contributed by atoms with Gasteiger partial charge in [0, 0.05) is 43.7 Å². The van der Waals surface area contributed by atoms with Crippen molar-refractivity contribution >= 4 is 56.1 Å². The number of hydrogen-bond donors (Lipinski definition) is 0. The average molecular weight is 516 g/mol. The minimum Gasteiger partial charge on any atom is -0.343 e. The SMILES string of the molecule is Cn1cc2cc(-n3nc4c(I)cn(C[C@H]5CC5(F)F)c4c(Cl)c3=O)ccc2n1. The highest BCUT2D eigenvalue weighted by molar-refractivity contribution is 14.1. The van der Waals surface area contributed by atoms with Crippen LogP contribution in [0.5, 0.6) is 0 Å². The molecule has 4 aromatic rings. The molecule has 28 heavy (non-hydrogen) atoms. The molecule has 5 rings (SSSR count). The summed E-state index contributed by atoms with van der Waals surface area (Å²) in [4.78, 5) is 12.9. The number of halogens is 4. The van der Waals surface area contributed by atoms with Crippen LogP contribution < -0.4 is 5.56 Å². The van der Waals surface area contributed by atoms with Crippen molar-refractivity contribution in [2.24, 2.45) is 13.0 Å². The smallest absolute Gasteiger partial charge is 0.292 e. The van der Waals surface area contributed by atoms with E-state index in [1.54, 1.807) is 21.5 Å². The van der Waals surface area contributed by atoms with Crippen molar-refractivity contribution in [2.75, 3.05) is 0 Å². The van der Waals surface area contributed by atoms with Crippen LogP contribution >= 0.6 is 34.2 Å². The van der Waals surface area contributed by atoms with Crippen molar-refractivity contribution in [1.29, 1.82) is 0 Å². The van der Waals surface area contributed by atoms with Gasteiger partial charge >= 0.3 is 0 Å². The number of aryl methyl sites for hydroxylation is 1. The standard InChI is InChI=1S/C18H13ClF2IN5O/c1-25-6-9-4-11(2-3-13(9)23-25)27-17(28)14(19)16-15(24-27)12(22)8-26(16)7-10-5-18(10,20)21/h2-4,6,8,10H,5,7H2,1H3/t10-/m1/s1. The Morgan fingerprint density at radius 3 is 2.79 bits per heavy atom. The fourth-order valence-electron chi connectivity index (χ4n) is 3.47. The first kappa shape index (κ1) is 18.0. The Morgan fingerprint density at radius 2 is 2.07 bits per heavy atom. The van der Waals surface area contributed by atoms with E-state index in [4.69, 9.17) is 11.6 Å². The molecule has 1 aliphatic carbocycles. The van der Waals surface area contributed by atoms with Gasteiger partial charge in [0.2, 0.25) is 0 Å². The van der Waals surface area contributed by atoms with Crippen molar-refractivity contribution in [2.45, 2.75) is 18.9 Å². The predicted molar refractivity (Wildman–Crippen MR) is 110 cm³/mol. The number of benzene rings is 1. The van der Waals surface area contributed by atoms with Gasteiger partial charge in [0.1, 0.15) is 10.5 Å². The zero-order valence-electron chi connectivity index (χ0n) is 14.5. The first-order valence-electron chi connectivity index (χ1n) is 8.53. The van der Waals surface area contributed by atoms with Crippen LogP contribution in [0.15, 0.2) is 35.4 Å². The molecular weight excluding hydrogens is 503 g/mol. The van der Waals surface area contributed by atoms with Crippen LogP contribution in [0.1, 0.15) is 6.42 Å². The highest BCUT2D eigenvalue weighted by atomic mass is 127. The van der Waals surface area contributed by atoms with Crippen molar-refractivity contribution in [3.63, 3.8) is 0 Å². The van der Waals surface area contributed by atoms with Crippen LogP contribution in [0.25, 0.3) is 27.6 Å². The lowest BCUT2D eigenvalue weighted by Crippen LogP contribution is -2.22. The molecule has 0 saturated heterocycles. The normalized spacial score (nSPS) is 18.2. The Morgan fingerprint density at radius 1 is 1.32 bits per heavy atom. The third kappa shape index (κ3) is 2.74. The van der Waals surface area contributed by atoms with Crippen molar-refractivity contribution in [3.8, 4) is 5.69 Å². The van der Waals surface area contributed by atoms with Gasteiger partial charge < -0.3 is 4.57 Å². The Balaban J connectivity index is 1.67. The second-order valence-electron chi connectivity index (χ2n) is 7.07. The quantitative estimate of drug-likeness (QED) is 0.388. The van der Waals surface area contributed by atoms with Gasteiger partial charge in [-0.25, -0.2) is 8.78 Å². The molecule has 0 amide bonds. The first-order valence-corrected chi connectivity index (χ1v) is 9.99. The number of hydrogen-bond acceptors (Lipinski definition) is 3. The summed E-state index contributed by atoms with van der Waals surface area (Å²) < 4.78 is 32.0. The summed E-state index contributed by atoms with van der Waals surface area (Å²) in [7, 11) is 1.82. The average Bonchev–Trinajstić information content (AvgIpc) is 2.94. The van der Waals surface area contributed by atoms with Gasteiger partial charge in [-0.15, -0.1) is 0 Å². The van der Waals surface area contributed by atoms with Gasteiger partial charge in [0.05, 0.1) is 20.3 Å². The maximum Gasteiger partial charge on any atom is 0.292 e. The fraction of sp³-hybridized carbons (Fsp3) is 0.278. The molecule has 1 saturated carbocycles. The monoisotopic (exact) mass is 515 g/mol. The number of fused-ring (bicyclic) bond motifs is 2. The maximum absolute atomic E-state index is 13.3. The Kier molecular flexibility index (Phi) is 3.86. The van der Waals surface area contributed by atoms with E-state index >= 15 is 0 Å². The summed E-state index contributed by atoms with van der Waals surface area (Å²) in [5, 5.41) is 9.64. The van der Waals surface area contributed by atoms with E-state index in [0.29, 0.717) is 16.7 Å². The molecule has 0 unspecified atom stereocenters. The highest BCUT2D eigenvalue weighted by Gasteiger charge is 2.56. The summed E-state index contributed by atoms with van der Waals surface area (Å²) in [6.45, 7) is 0.110. The number of aromatic nitrogens is 5. The lowest BCUT2D eigenvalue weighted by atomic mass is 10.2. The minimum atomic E-state index is -2.64. The number of rotatable bonds is 3. The van der Waals surface area contributed by atoms with Crippen LogP contribution in [-0.2, 0) is 13.6 Å². The molecule has 3 aromatic heterocycles. The van der Waals surface area contributed by atoms with E-state index in [-0.39, 0.29) is 18.0 Å². The van der Waals surface area contributed by atoms with Gasteiger partial charge in [0.15, 0.2) is 0 Å². The molecule has 0 N–H and O–H groups in total. The molecule has 10 heteroatoms. The van der Waals surface area contributed by atoms with E-state index in [0.717, 1.165) is 14.5 Å². The second-order valence-corrected chi connectivity index (χ2v) is 8.61. The first-order chi connectivity index (χ1) is 13.2. The summed E-state index contributed by atoms with van der Waals surface area (Å²) in [5.74, 6) is -3.37. The van der Waals surface area contributed by atoms with E-state index in [1.807, 2.05) is 25.4 Å². The van der Waals surface area contributed by atoms with Gasteiger partial charge in [-0.05, 0) is 40.8 Å². The lowest BCUT2D eigenvalue weighted by Gasteiger charge is -2.09. The lowest BCUT2D eigenvalue weighted by molar-refractivity contribution is 0.0954. The Hall–Kier alpha value is -2.01. The van der Waals surface area contributed by atoms with Crippen LogP contribution in [0.4, 0.5) is 8.78 Å². The van der Waals surface area contributed by atoms with E-state index in [1.165, 1.54) is 4.68 Å². The number of nitrogens with zero attached hydrogens (tertiary/aromatic N) is 5. The second kappa shape index (κ2) is 5.99. The molecular formula is C18H13ClF2IN5O. The zero-order chi connectivity index (χ0) is 19.8. The molecule has 1 atom stereocenters. The summed E-state index contributed by atoms with van der Waals surface area (Å²) in [5.41, 5.74) is 1.79. The van der Waals surface area contributed by atoms with Crippen LogP contribution in [0.3, 0.4) is 0 Å². The van der Waals surface area contributed by atoms with Crippen LogP contribution in [0, 0.1) is 9.49 Å². The Labute approximate surface area is 175 Å². The summed E-state index contributed by atoms with van der Waals surface area (Å²) in [6, 6.07) is 5.37. The molecule has 1 fully saturated rings. The molecule has 0 radical (unpaired) electrons. The van der Waals surface area contributed by atoms with E-state index in [9.17, 15) is 13.6 Å². The van der Waals surface area contributed by atoms with Gasteiger partial charge in [-0.2, -0.15) is 14.9 Å². The van der Waals surface area contributed by atoms with Gasteiger partial charge in [-0.3, -0.25) is 9.48 Å². The van der Waals surface area contributed by atoms with Gasteiger partial charge in [0.25, 0.3) is 11.5 Å². The summed E-state index contributed by atoms with van der Waals surface area (Å²) in [6.07, 6.45) is 3.42. The predicted octanol–water partition coefficient (Wildman–Crippen LogP) is 3.99. The summed E-state index contributed by atoms with van der Waals surface area (Å²) >= 11 is 8.47. The van der Waals surface area contributed by atoms with E-state index in [2.05, 4.69) is 32.8 Å². The third-order valence-corrected chi connectivity index (χ3v) is 6.14. The molecule has 0 spiro atoms. The molecule has 6 nitrogen and oxygen atoms in total. The van der Waals surface area contributed by atoms with Crippen LogP contribution in [0.2, 0.25) is 5.02 Å². The molecule has 1 aromatic carbocycles. The van der Waals surface area contributed by atoms with Crippen molar-refractivity contribution < 1.29 is 8.78 Å². The maximum atomic E-state index is 13.3. The third-order valence-electron chi connectivity index (χ3n) is 5.01. The van der Waals surface area contributed by atoms with Crippen molar-refractivity contribution in [1.82, 2.24) is 24.1 Å².